The van der Waals surface area contributed by atoms with Gasteiger partial charge in [0.25, 0.3) is 0 Å². The summed E-state index contributed by atoms with van der Waals surface area (Å²) in [6.45, 7) is 1.95. The van der Waals surface area contributed by atoms with E-state index in [9.17, 15) is 0 Å². The van der Waals surface area contributed by atoms with Gasteiger partial charge >= 0.3 is 0 Å². The zero-order valence-electron chi connectivity index (χ0n) is 5.64. The molecule has 0 amide bonds. The number of rotatable bonds is 2. The molecule has 4 heteroatoms. The average Bonchev–Trinajstić information content (AvgIpc) is 1.87. The topological polar surface area (TPSA) is 44.3 Å². The van der Waals surface area contributed by atoms with Crippen LogP contribution in [0.2, 0.25) is 0 Å². The smallest absolute Gasteiger partial charge is 0.166 e. The lowest BCUT2D eigenvalue weighted by Crippen LogP contribution is -2.40. The van der Waals surface area contributed by atoms with Gasteiger partial charge in [-0.1, -0.05) is 0 Å². The van der Waals surface area contributed by atoms with E-state index in [4.69, 9.17) is 17.3 Å². The number of thiocarbonyl (C=S) groups is 1. The maximum absolute atomic E-state index is 8.53. The first-order valence-corrected chi connectivity index (χ1v) is 3.20. The van der Waals surface area contributed by atoms with Crippen LogP contribution >= 0.6 is 12.2 Å². The monoisotopic (exact) mass is 148 g/mol. The molecule has 0 radical (unpaired) electrons. The van der Waals surface area contributed by atoms with Crippen molar-refractivity contribution >= 4 is 17.3 Å². The Morgan fingerprint density at radius 3 is 2.67 bits per heavy atom. The van der Waals surface area contributed by atoms with Gasteiger partial charge in [0.05, 0.1) is 6.61 Å². The predicted octanol–water partition coefficient (Wildman–Crippen LogP) is -0.539. The maximum atomic E-state index is 8.53. The van der Waals surface area contributed by atoms with Crippen molar-refractivity contribution in [3.05, 3.63) is 0 Å². The van der Waals surface area contributed by atoms with E-state index in [0.29, 0.717) is 5.11 Å². The van der Waals surface area contributed by atoms with Gasteiger partial charge in [-0.25, -0.2) is 0 Å². The van der Waals surface area contributed by atoms with E-state index in [1.807, 2.05) is 6.92 Å². The highest BCUT2D eigenvalue weighted by Gasteiger charge is 1.97. The van der Waals surface area contributed by atoms with E-state index in [1.54, 1.807) is 7.05 Å². The van der Waals surface area contributed by atoms with E-state index in [1.165, 1.54) is 0 Å². The Labute approximate surface area is 60.5 Å². The predicted molar refractivity (Wildman–Crippen MR) is 41.3 cm³/mol. The molecule has 3 nitrogen and oxygen atoms in total. The molecule has 1 atom stereocenters. The van der Waals surface area contributed by atoms with Crippen LogP contribution in [0.4, 0.5) is 0 Å². The maximum Gasteiger partial charge on any atom is 0.166 e. The van der Waals surface area contributed by atoms with Crippen LogP contribution in [-0.4, -0.2) is 29.9 Å². The van der Waals surface area contributed by atoms with Crippen molar-refractivity contribution in [2.75, 3.05) is 13.7 Å². The Hall–Kier alpha value is -0.350. The Bertz CT molecular complexity index is 97.0. The van der Waals surface area contributed by atoms with E-state index in [2.05, 4.69) is 10.6 Å². The molecular formula is C5H12N2OS. The van der Waals surface area contributed by atoms with E-state index >= 15 is 0 Å². The number of hydrogen-bond donors (Lipinski definition) is 3. The minimum atomic E-state index is 0.0324. The summed E-state index contributed by atoms with van der Waals surface area (Å²) >= 11 is 4.76. The molecule has 0 heterocycles. The minimum absolute atomic E-state index is 0.0324. The quantitative estimate of drug-likeness (QED) is 0.460. The highest BCUT2D eigenvalue weighted by Crippen LogP contribution is 1.76. The molecule has 54 valence electrons. The Morgan fingerprint density at radius 1 is 1.78 bits per heavy atom. The van der Waals surface area contributed by atoms with Gasteiger partial charge in [0.2, 0.25) is 0 Å². The summed E-state index contributed by atoms with van der Waals surface area (Å²) in [7, 11) is 1.74. The normalized spacial score (nSPS) is 12.3. The van der Waals surface area contributed by atoms with Crippen molar-refractivity contribution in [3.63, 3.8) is 0 Å². The first-order valence-electron chi connectivity index (χ1n) is 2.79. The first-order chi connectivity index (χ1) is 4.20. The van der Waals surface area contributed by atoms with Crippen LogP contribution in [0.3, 0.4) is 0 Å². The molecule has 0 saturated carbocycles. The van der Waals surface area contributed by atoms with Crippen molar-refractivity contribution < 1.29 is 5.11 Å². The van der Waals surface area contributed by atoms with Crippen LogP contribution in [0.1, 0.15) is 6.92 Å². The summed E-state index contributed by atoms with van der Waals surface area (Å²) in [4.78, 5) is 0. The summed E-state index contributed by atoms with van der Waals surface area (Å²) in [5.41, 5.74) is 0. The Kier molecular flexibility index (Phi) is 4.35. The number of hydrogen-bond acceptors (Lipinski definition) is 2. The van der Waals surface area contributed by atoms with E-state index in [0.717, 1.165) is 0 Å². The second kappa shape index (κ2) is 4.52. The van der Waals surface area contributed by atoms with Crippen LogP contribution in [0.15, 0.2) is 0 Å². The molecule has 1 unspecified atom stereocenters. The van der Waals surface area contributed by atoms with Gasteiger partial charge in [-0.05, 0) is 19.1 Å². The number of aliphatic hydroxyl groups excluding tert-OH is 1. The number of aliphatic hydroxyl groups is 1. The van der Waals surface area contributed by atoms with Crippen LogP contribution in [0.5, 0.6) is 0 Å². The van der Waals surface area contributed by atoms with Crippen molar-refractivity contribution in [2.45, 2.75) is 13.0 Å². The summed E-state index contributed by atoms with van der Waals surface area (Å²) in [6.07, 6.45) is 0. The molecule has 0 bridgehead atoms. The third kappa shape index (κ3) is 4.17. The largest absolute Gasteiger partial charge is 0.394 e. The zero-order chi connectivity index (χ0) is 7.28. The molecule has 0 aliphatic heterocycles. The third-order valence-electron chi connectivity index (χ3n) is 0.878. The van der Waals surface area contributed by atoms with Gasteiger partial charge in [0, 0.05) is 13.1 Å². The molecule has 0 saturated heterocycles. The molecule has 0 aliphatic carbocycles. The molecule has 0 aromatic carbocycles. The molecule has 0 aromatic rings. The van der Waals surface area contributed by atoms with E-state index in [-0.39, 0.29) is 12.6 Å². The van der Waals surface area contributed by atoms with Crippen molar-refractivity contribution in [1.29, 1.82) is 0 Å². The fourth-order valence-electron chi connectivity index (χ4n) is 0.342. The molecule has 0 aromatic heterocycles. The third-order valence-corrected chi connectivity index (χ3v) is 1.20. The van der Waals surface area contributed by atoms with Crippen molar-refractivity contribution in [2.24, 2.45) is 0 Å². The van der Waals surface area contributed by atoms with Gasteiger partial charge in [0.15, 0.2) is 5.11 Å². The lowest BCUT2D eigenvalue weighted by Gasteiger charge is -2.11. The first kappa shape index (κ1) is 8.65. The average molecular weight is 148 g/mol. The molecule has 9 heavy (non-hydrogen) atoms. The zero-order valence-corrected chi connectivity index (χ0v) is 6.46. The fraction of sp³-hybridized carbons (Fsp3) is 0.800. The van der Waals surface area contributed by atoms with Crippen LogP contribution in [0.25, 0.3) is 0 Å². The highest BCUT2D eigenvalue weighted by molar-refractivity contribution is 7.80. The lowest BCUT2D eigenvalue weighted by atomic mass is 10.4. The van der Waals surface area contributed by atoms with Gasteiger partial charge in [-0.15, -0.1) is 0 Å². The summed E-state index contributed by atoms with van der Waals surface area (Å²) in [5.74, 6) is 0. The molecule has 3 N–H and O–H groups in total. The van der Waals surface area contributed by atoms with Gasteiger partial charge in [-0.3, -0.25) is 0 Å². The molecule has 0 rings (SSSR count). The standard InChI is InChI=1S/C5H12N2OS/c1-4(3-8)7-5(9)6-2/h4,8H,3H2,1-2H3,(H2,6,7,9). The van der Waals surface area contributed by atoms with Crippen LogP contribution < -0.4 is 10.6 Å². The summed E-state index contributed by atoms with van der Waals surface area (Å²) in [6, 6.07) is 0.0324. The number of nitrogens with one attached hydrogen (secondary N) is 2. The molecule has 0 spiro atoms. The molecule has 0 fully saturated rings. The van der Waals surface area contributed by atoms with Crippen LogP contribution in [-0.2, 0) is 0 Å². The SMILES string of the molecule is CNC(=S)NC(C)CO. The summed E-state index contributed by atoms with van der Waals surface area (Å²) in [5, 5.41) is 14.7. The minimum Gasteiger partial charge on any atom is -0.394 e. The van der Waals surface area contributed by atoms with Gasteiger partial charge in [-0.2, -0.15) is 0 Å². The molecular weight excluding hydrogens is 136 g/mol. The highest BCUT2D eigenvalue weighted by atomic mass is 32.1. The van der Waals surface area contributed by atoms with Gasteiger partial charge in [0.1, 0.15) is 0 Å². The fourth-order valence-corrected chi connectivity index (χ4v) is 0.543. The van der Waals surface area contributed by atoms with Crippen molar-refractivity contribution in [3.8, 4) is 0 Å². The van der Waals surface area contributed by atoms with E-state index < -0.39 is 0 Å². The van der Waals surface area contributed by atoms with Gasteiger partial charge < -0.3 is 15.7 Å². The second-order valence-electron chi connectivity index (χ2n) is 1.81. The Balaban J connectivity index is 3.34. The second-order valence-corrected chi connectivity index (χ2v) is 2.22. The molecule has 0 aliphatic rings. The lowest BCUT2D eigenvalue weighted by molar-refractivity contribution is 0.264. The Morgan fingerprint density at radius 2 is 2.33 bits per heavy atom. The summed E-state index contributed by atoms with van der Waals surface area (Å²) < 4.78 is 0. The van der Waals surface area contributed by atoms with Crippen molar-refractivity contribution in [1.82, 2.24) is 10.6 Å². The van der Waals surface area contributed by atoms with Crippen LogP contribution in [0, 0.1) is 0 Å².